The number of carbonyl (C=O) groups excluding carboxylic acids is 2. The first-order chi connectivity index (χ1) is 21.6. The number of nitrogens with zero attached hydrogens (tertiary/aromatic N) is 5. The van der Waals surface area contributed by atoms with Crippen molar-refractivity contribution in [3.63, 3.8) is 0 Å². The van der Waals surface area contributed by atoms with Gasteiger partial charge in [0.25, 0.3) is 5.91 Å². The van der Waals surface area contributed by atoms with Crippen molar-refractivity contribution < 1.29 is 24.2 Å². The fourth-order valence-corrected chi connectivity index (χ4v) is 10.4. The molecule has 2 N–H and O–H groups in total. The van der Waals surface area contributed by atoms with Crippen molar-refractivity contribution in [2.24, 2.45) is 5.92 Å². The van der Waals surface area contributed by atoms with Gasteiger partial charge in [0.15, 0.2) is 13.9 Å². The Hall–Kier alpha value is -3.38. The molecule has 45 heavy (non-hydrogen) atoms. The summed E-state index contributed by atoms with van der Waals surface area (Å²) in [4.78, 5) is 42.7. The first-order valence-corrected chi connectivity index (χ1v) is 19.4. The quantitative estimate of drug-likeness (QED) is 0.333. The Kier molecular flexibility index (Phi) is 8.97. The smallest absolute Gasteiger partial charge is 0.264 e. The van der Waals surface area contributed by atoms with Gasteiger partial charge in [-0.1, -0.05) is 55.3 Å². The molecule has 0 saturated carbocycles. The highest BCUT2D eigenvalue weighted by Gasteiger charge is 2.66. The van der Waals surface area contributed by atoms with Crippen LogP contribution in [0.5, 0.6) is 0 Å². The zero-order valence-electron chi connectivity index (χ0n) is 26.6. The standard InChI is InChI=1S/C34H45N5O5Si/c1-24-32(45(2,3)43)30(17-20-37-23-26(18-21-40)35-36-37)44-34(24)28-10-7-8-11-29(28)39(33(34)42)22-25-13-15-27(16-14-25)38-19-9-5-4-6-12-31(38)41/h7-8,10-11,13-16,23-24,30,32,40,43H,4-6,9,12,17-22H2,1-3H3/t24-,30+,32-,34+/m0/s1. The number of aliphatic hydroxyl groups excluding tert-OH is 1. The van der Waals surface area contributed by atoms with Gasteiger partial charge < -0.3 is 24.4 Å². The SMILES string of the molecule is C[C@H]1[C@H]([Si](C)(C)O)[C@@H](CCn2cc(CCO)nn2)O[C@]12C(=O)N(Cc1ccc(N3CCCCCCC3=O)cc1)c1ccccc12. The fourth-order valence-electron chi connectivity index (χ4n) is 7.79. The van der Waals surface area contributed by atoms with Gasteiger partial charge in [-0.2, -0.15) is 0 Å². The molecule has 1 aromatic heterocycles. The minimum absolute atomic E-state index is 0.0110. The Morgan fingerprint density at radius 2 is 1.80 bits per heavy atom. The first kappa shape index (κ1) is 31.6. The van der Waals surface area contributed by atoms with Gasteiger partial charge in [-0.25, -0.2) is 0 Å². The van der Waals surface area contributed by atoms with Crippen LogP contribution in [-0.2, 0) is 39.4 Å². The third-order valence-corrected chi connectivity index (χ3v) is 12.4. The molecule has 0 bridgehead atoms. The number of hydrogen-bond donors (Lipinski definition) is 2. The molecule has 1 spiro atoms. The van der Waals surface area contributed by atoms with Crippen molar-refractivity contribution in [1.29, 1.82) is 0 Å². The summed E-state index contributed by atoms with van der Waals surface area (Å²) in [5.41, 5.74) is 2.91. The van der Waals surface area contributed by atoms with Crippen molar-refractivity contribution in [2.45, 2.75) is 95.3 Å². The van der Waals surface area contributed by atoms with Gasteiger partial charge in [0.2, 0.25) is 5.91 Å². The number of hydrogen-bond acceptors (Lipinski definition) is 7. The van der Waals surface area contributed by atoms with Gasteiger partial charge in [-0.15, -0.1) is 5.10 Å². The van der Waals surface area contributed by atoms with Crippen LogP contribution < -0.4 is 9.80 Å². The maximum atomic E-state index is 14.6. The highest BCUT2D eigenvalue weighted by molar-refractivity contribution is 6.71. The Labute approximate surface area is 266 Å². The molecule has 2 saturated heterocycles. The lowest BCUT2D eigenvalue weighted by Gasteiger charge is -2.32. The van der Waals surface area contributed by atoms with E-state index in [0.717, 1.165) is 60.4 Å². The van der Waals surface area contributed by atoms with E-state index < -0.39 is 13.9 Å². The number of carbonyl (C=O) groups is 2. The number of amides is 2. The van der Waals surface area contributed by atoms with Gasteiger partial charge in [-0.3, -0.25) is 14.3 Å². The Bertz CT molecular complexity index is 1520. The van der Waals surface area contributed by atoms with Gasteiger partial charge in [0.05, 0.1) is 24.0 Å². The fraction of sp³-hybridized carbons (Fsp3) is 0.529. The van der Waals surface area contributed by atoms with E-state index in [1.54, 1.807) is 4.68 Å². The Morgan fingerprint density at radius 1 is 1.04 bits per heavy atom. The molecule has 3 aromatic rings. The monoisotopic (exact) mass is 631 g/mol. The second-order valence-electron chi connectivity index (χ2n) is 13.4. The van der Waals surface area contributed by atoms with Crippen LogP contribution in [0.1, 0.15) is 62.3 Å². The molecule has 11 heteroatoms. The molecular formula is C34H45N5O5Si. The number of para-hydroxylation sites is 1. The van der Waals surface area contributed by atoms with E-state index in [1.165, 1.54) is 0 Å². The van der Waals surface area contributed by atoms with E-state index in [9.17, 15) is 19.5 Å². The number of ether oxygens (including phenoxy) is 1. The Morgan fingerprint density at radius 3 is 2.56 bits per heavy atom. The van der Waals surface area contributed by atoms with Gasteiger partial charge >= 0.3 is 0 Å². The molecule has 0 aliphatic carbocycles. The van der Waals surface area contributed by atoms with E-state index in [-0.39, 0.29) is 36.0 Å². The molecule has 3 aliphatic heterocycles. The van der Waals surface area contributed by atoms with Crippen LogP contribution in [0.25, 0.3) is 0 Å². The van der Waals surface area contributed by atoms with Crippen LogP contribution >= 0.6 is 0 Å². The van der Waals surface area contributed by atoms with Crippen LogP contribution in [0.4, 0.5) is 11.4 Å². The maximum absolute atomic E-state index is 14.6. The largest absolute Gasteiger partial charge is 0.432 e. The summed E-state index contributed by atoms with van der Waals surface area (Å²) in [6, 6.07) is 15.9. The van der Waals surface area contributed by atoms with Gasteiger partial charge in [0.1, 0.15) is 0 Å². The third-order valence-electron chi connectivity index (χ3n) is 9.90. The second kappa shape index (κ2) is 12.8. The topological polar surface area (TPSA) is 121 Å². The van der Waals surface area contributed by atoms with Crippen molar-refractivity contribution in [3.05, 3.63) is 71.5 Å². The second-order valence-corrected chi connectivity index (χ2v) is 17.4. The van der Waals surface area contributed by atoms with E-state index in [0.29, 0.717) is 32.4 Å². The molecule has 10 nitrogen and oxygen atoms in total. The summed E-state index contributed by atoms with van der Waals surface area (Å²) in [7, 11) is -2.78. The minimum Gasteiger partial charge on any atom is -0.432 e. The van der Waals surface area contributed by atoms with Crippen LogP contribution in [0.15, 0.2) is 54.7 Å². The average Bonchev–Trinajstić information content (AvgIpc) is 3.65. The molecule has 0 unspecified atom stereocenters. The summed E-state index contributed by atoms with van der Waals surface area (Å²) in [6.07, 6.45) is 7.28. The van der Waals surface area contributed by atoms with E-state index in [2.05, 4.69) is 17.2 Å². The molecule has 0 radical (unpaired) electrons. The van der Waals surface area contributed by atoms with Crippen LogP contribution in [0, 0.1) is 5.92 Å². The van der Waals surface area contributed by atoms with E-state index >= 15 is 0 Å². The Balaban J connectivity index is 1.25. The normalized spacial score (nSPS) is 25.6. The van der Waals surface area contributed by atoms with Crippen LogP contribution in [-0.4, -0.2) is 64.3 Å². The van der Waals surface area contributed by atoms with E-state index in [4.69, 9.17) is 4.74 Å². The van der Waals surface area contributed by atoms with Crippen molar-refractivity contribution in [3.8, 4) is 0 Å². The summed E-state index contributed by atoms with van der Waals surface area (Å²) < 4.78 is 8.66. The summed E-state index contributed by atoms with van der Waals surface area (Å²) in [5.74, 6) is -0.167. The number of aliphatic hydroxyl groups is 1. The van der Waals surface area contributed by atoms with Crippen LogP contribution in [0.2, 0.25) is 18.6 Å². The molecule has 240 valence electrons. The minimum atomic E-state index is -2.78. The number of fused-ring (bicyclic) bond motifs is 2. The van der Waals surface area contributed by atoms with Gasteiger partial charge in [0, 0.05) is 61.4 Å². The molecule has 2 amide bonds. The summed E-state index contributed by atoms with van der Waals surface area (Å²) >= 11 is 0. The van der Waals surface area contributed by atoms with Crippen LogP contribution in [0.3, 0.4) is 0 Å². The predicted octanol–water partition coefficient (Wildman–Crippen LogP) is 4.54. The first-order valence-electron chi connectivity index (χ1n) is 16.3. The molecule has 2 fully saturated rings. The molecule has 6 rings (SSSR count). The van der Waals surface area contributed by atoms with Gasteiger partial charge in [-0.05, 0) is 56.1 Å². The summed E-state index contributed by atoms with van der Waals surface area (Å²) in [5, 5.41) is 17.6. The zero-order valence-corrected chi connectivity index (χ0v) is 27.6. The number of aromatic nitrogens is 3. The molecular weight excluding hydrogens is 586 g/mol. The molecule has 3 aliphatic rings. The number of aryl methyl sites for hydroxylation is 1. The number of rotatable bonds is 9. The zero-order chi connectivity index (χ0) is 31.8. The lowest BCUT2D eigenvalue weighted by atomic mass is 9.82. The average molecular weight is 632 g/mol. The van der Waals surface area contributed by atoms with Crippen molar-refractivity contribution in [2.75, 3.05) is 23.0 Å². The lowest BCUT2D eigenvalue weighted by molar-refractivity contribution is -0.146. The highest BCUT2D eigenvalue weighted by atomic mass is 28.4. The maximum Gasteiger partial charge on any atom is 0.264 e. The predicted molar refractivity (Wildman–Crippen MR) is 174 cm³/mol. The number of benzene rings is 2. The van der Waals surface area contributed by atoms with Crippen molar-refractivity contribution in [1.82, 2.24) is 15.0 Å². The lowest BCUT2D eigenvalue weighted by Crippen LogP contribution is -2.46. The summed E-state index contributed by atoms with van der Waals surface area (Å²) in [6.45, 7) is 7.57. The molecule has 4 heterocycles. The highest BCUT2D eigenvalue weighted by Crippen LogP contribution is 2.59. The molecule has 2 aromatic carbocycles. The third kappa shape index (κ3) is 5.98. The number of anilines is 2. The van der Waals surface area contributed by atoms with E-state index in [1.807, 2.05) is 77.6 Å². The molecule has 4 atom stereocenters. The van der Waals surface area contributed by atoms with Crippen molar-refractivity contribution >= 4 is 31.5 Å².